The van der Waals surface area contributed by atoms with Gasteiger partial charge in [-0.15, -0.1) is 12.4 Å². The first kappa shape index (κ1) is 18.7. The molecular weight excluding hydrogens is 292 g/mol. The zero-order valence-electron chi connectivity index (χ0n) is 13.0. The molecule has 2 aliphatic heterocycles. The molecule has 0 radical (unpaired) electrons. The van der Waals surface area contributed by atoms with Gasteiger partial charge in [-0.05, 0) is 45.2 Å². The lowest BCUT2D eigenvalue weighted by Crippen LogP contribution is -2.42. The van der Waals surface area contributed by atoms with E-state index >= 15 is 0 Å². The Balaban J connectivity index is 0.00000220. The first-order chi connectivity index (χ1) is 9.79. The van der Waals surface area contributed by atoms with Gasteiger partial charge in [-0.25, -0.2) is 0 Å². The summed E-state index contributed by atoms with van der Waals surface area (Å²) in [5, 5.41) is 3.20. The van der Waals surface area contributed by atoms with Gasteiger partial charge in [-0.2, -0.15) is 0 Å². The first-order valence-corrected chi connectivity index (χ1v) is 7.91. The second-order valence-corrected chi connectivity index (χ2v) is 5.87. The van der Waals surface area contributed by atoms with Gasteiger partial charge in [0.25, 0.3) is 0 Å². The highest BCUT2D eigenvalue weighted by Gasteiger charge is 2.23. The molecule has 1 N–H and O–H groups in total. The Bertz CT molecular complexity index is 297. The molecule has 0 saturated carbocycles. The second kappa shape index (κ2) is 10.4. The van der Waals surface area contributed by atoms with Gasteiger partial charge in [0.05, 0.1) is 25.7 Å². The zero-order valence-corrected chi connectivity index (χ0v) is 13.8. The Morgan fingerprint density at radius 1 is 1.38 bits per heavy atom. The van der Waals surface area contributed by atoms with Gasteiger partial charge in [0, 0.05) is 19.7 Å². The van der Waals surface area contributed by atoms with Crippen LogP contribution in [0.1, 0.15) is 32.1 Å². The molecule has 2 aliphatic rings. The van der Waals surface area contributed by atoms with E-state index in [-0.39, 0.29) is 24.4 Å². The van der Waals surface area contributed by atoms with Crippen molar-refractivity contribution >= 4 is 18.3 Å². The maximum Gasteiger partial charge on any atom is 0.224 e. The predicted molar refractivity (Wildman–Crippen MR) is 84.9 cm³/mol. The minimum atomic E-state index is 0. The lowest BCUT2D eigenvalue weighted by Gasteiger charge is -2.32. The van der Waals surface area contributed by atoms with Crippen molar-refractivity contribution < 1.29 is 14.3 Å². The van der Waals surface area contributed by atoms with Crippen molar-refractivity contribution in [3.8, 4) is 0 Å². The minimum absolute atomic E-state index is 0. The van der Waals surface area contributed by atoms with E-state index in [4.69, 9.17) is 9.47 Å². The fraction of sp³-hybridized carbons (Fsp3) is 0.933. The summed E-state index contributed by atoms with van der Waals surface area (Å²) in [7, 11) is 1.97. The first-order valence-electron chi connectivity index (χ1n) is 7.91. The quantitative estimate of drug-likeness (QED) is 0.721. The van der Waals surface area contributed by atoms with E-state index in [1.54, 1.807) is 0 Å². The molecule has 0 aromatic carbocycles. The van der Waals surface area contributed by atoms with Gasteiger partial charge in [0.1, 0.15) is 0 Å². The van der Waals surface area contributed by atoms with Crippen molar-refractivity contribution in [1.29, 1.82) is 0 Å². The number of hydrogen-bond donors (Lipinski definition) is 1. The third-order valence-corrected chi connectivity index (χ3v) is 4.15. The topological polar surface area (TPSA) is 50.8 Å². The number of carbonyl (C=O) groups is 1. The third-order valence-electron chi connectivity index (χ3n) is 4.15. The van der Waals surface area contributed by atoms with Crippen LogP contribution in [0.4, 0.5) is 0 Å². The molecule has 0 bridgehead atoms. The Labute approximate surface area is 134 Å². The molecule has 21 heavy (non-hydrogen) atoms. The van der Waals surface area contributed by atoms with E-state index in [9.17, 15) is 4.79 Å². The summed E-state index contributed by atoms with van der Waals surface area (Å²) in [4.78, 5) is 14.1. The Morgan fingerprint density at radius 2 is 2.24 bits per heavy atom. The van der Waals surface area contributed by atoms with Crippen LogP contribution in [0.25, 0.3) is 0 Å². The van der Waals surface area contributed by atoms with Crippen molar-refractivity contribution in [1.82, 2.24) is 10.2 Å². The highest BCUT2D eigenvalue weighted by Crippen LogP contribution is 2.16. The molecule has 0 spiro atoms. The monoisotopic (exact) mass is 320 g/mol. The summed E-state index contributed by atoms with van der Waals surface area (Å²) in [5.41, 5.74) is 0. The number of halogens is 1. The largest absolute Gasteiger partial charge is 0.378 e. The van der Waals surface area contributed by atoms with E-state index in [1.165, 1.54) is 6.42 Å². The molecule has 2 heterocycles. The molecule has 2 fully saturated rings. The van der Waals surface area contributed by atoms with E-state index in [0.717, 1.165) is 45.5 Å². The summed E-state index contributed by atoms with van der Waals surface area (Å²) in [5.74, 6) is 0.837. The number of rotatable bonds is 7. The van der Waals surface area contributed by atoms with Crippen molar-refractivity contribution in [2.45, 2.75) is 38.2 Å². The molecule has 2 unspecified atom stereocenters. The number of nitrogens with zero attached hydrogens (tertiary/aromatic N) is 1. The highest BCUT2D eigenvalue weighted by molar-refractivity contribution is 5.85. The van der Waals surface area contributed by atoms with Crippen molar-refractivity contribution in [3.05, 3.63) is 0 Å². The average Bonchev–Trinajstić information content (AvgIpc) is 2.97. The van der Waals surface area contributed by atoms with E-state index in [1.807, 2.05) is 11.9 Å². The van der Waals surface area contributed by atoms with Crippen LogP contribution in [-0.2, 0) is 14.3 Å². The van der Waals surface area contributed by atoms with Crippen molar-refractivity contribution in [2.24, 2.45) is 5.92 Å². The predicted octanol–water partition coefficient (Wildman–Crippen LogP) is 1.45. The normalized spacial score (nSPS) is 25.7. The van der Waals surface area contributed by atoms with Crippen LogP contribution in [0, 0.1) is 5.92 Å². The maximum absolute atomic E-state index is 12.1. The summed E-state index contributed by atoms with van der Waals surface area (Å²) in [6.45, 7) is 4.81. The standard InChI is InChI=1S/C15H28N2O3.ClH/c1-16-10-13-4-2-7-17(11-13)15(18)6-9-19-12-14-5-3-8-20-14;/h13-14,16H,2-12H2,1H3;1H. The van der Waals surface area contributed by atoms with Gasteiger partial charge in [-0.1, -0.05) is 0 Å². The lowest BCUT2D eigenvalue weighted by molar-refractivity contribution is -0.134. The van der Waals surface area contributed by atoms with Crippen LogP contribution >= 0.6 is 12.4 Å². The SMILES string of the molecule is CNCC1CCCN(C(=O)CCOCC2CCCO2)C1.Cl. The smallest absolute Gasteiger partial charge is 0.224 e. The number of ether oxygens (including phenoxy) is 2. The summed E-state index contributed by atoms with van der Waals surface area (Å²) >= 11 is 0. The fourth-order valence-electron chi connectivity index (χ4n) is 3.06. The van der Waals surface area contributed by atoms with Crippen molar-refractivity contribution in [3.63, 3.8) is 0 Å². The third kappa shape index (κ3) is 6.51. The molecule has 1 amide bonds. The molecule has 2 atom stereocenters. The van der Waals surface area contributed by atoms with Crippen LogP contribution in [0.5, 0.6) is 0 Å². The molecule has 2 saturated heterocycles. The van der Waals surface area contributed by atoms with Crippen LogP contribution < -0.4 is 5.32 Å². The van der Waals surface area contributed by atoms with Gasteiger partial charge in [-0.3, -0.25) is 4.79 Å². The van der Waals surface area contributed by atoms with Crippen molar-refractivity contribution in [2.75, 3.05) is 46.5 Å². The molecule has 0 aliphatic carbocycles. The highest BCUT2D eigenvalue weighted by atomic mass is 35.5. The number of piperidine rings is 1. The zero-order chi connectivity index (χ0) is 14.2. The van der Waals surface area contributed by atoms with Gasteiger partial charge in [0.15, 0.2) is 0 Å². The number of amides is 1. The number of likely N-dealkylation sites (tertiary alicyclic amines) is 1. The fourth-order valence-corrected chi connectivity index (χ4v) is 3.06. The molecular formula is C15H29ClN2O3. The van der Waals surface area contributed by atoms with Crippen LogP contribution in [0.15, 0.2) is 0 Å². The Hall–Kier alpha value is -0.360. The van der Waals surface area contributed by atoms with Crippen LogP contribution in [-0.4, -0.2) is 63.4 Å². The molecule has 2 rings (SSSR count). The van der Waals surface area contributed by atoms with Gasteiger partial charge >= 0.3 is 0 Å². The summed E-state index contributed by atoms with van der Waals surface area (Å²) in [6.07, 6.45) is 5.31. The minimum Gasteiger partial charge on any atom is -0.378 e. The number of carbonyl (C=O) groups excluding carboxylic acids is 1. The van der Waals surface area contributed by atoms with E-state index in [0.29, 0.717) is 25.6 Å². The molecule has 124 valence electrons. The summed E-state index contributed by atoms with van der Waals surface area (Å²) < 4.78 is 11.1. The lowest BCUT2D eigenvalue weighted by atomic mass is 9.98. The second-order valence-electron chi connectivity index (χ2n) is 5.87. The molecule has 6 heteroatoms. The molecule has 0 aromatic heterocycles. The van der Waals surface area contributed by atoms with Gasteiger partial charge < -0.3 is 19.7 Å². The van der Waals surface area contributed by atoms with E-state index < -0.39 is 0 Å². The van der Waals surface area contributed by atoms with Crippen LogP contribution in [0.2, 0.25) is 0 Å². The maximum atomic E-state index is 12.1. The summed E-state index contributed by atoms with van der Waals surface area (Å²) in [6, 6.07) is 0. The molecule has 5 nitrogen and oxygen atoms in total. The van der Waals surface area contributed by atoms with Crippen LogP contribution in [0.3, 0.4) is 0 Å². The Kier molecular flexibility index (Phi) is 9.24. The number of nitrogens with one attached hydrogen (secondary N) is 1. The number of hydrogen-bond acceptors (Lipinski definition) is 4. The average molecular weight is 321 g/mol. The Morgan fingerprint density at radius 3 is 2.95 bits per heavy atom. The molecule has 0 aromatic rings. The van der Waals surface area contributed by atoms with E-state index in [2.05, 4.69) is 5.32 Å². The van der Waals surface area contributed by atoms with Gasteiger partial charge in [0.2, 0.25) is 5.91 Å².